The highest BCUT2D eigenvalue weighted by Crippen LogP contribution is 2.21. The number of hydrogen-bond acceptors (Lipinski definition) is 4. The van der Waals surface area contributed by atoms with Crippen molar-refractivity contribution in [1.82, 2.24) is 9.88 Å². The van der Waals surface area contributed by atoms with E-state index in [9.17, 15) is 9.18 Å². The number of hydrogen-bond donors (Lipinski definition) is 1. The van der Waals surface area contributed by atoms with E-state index in [2.05, 4.69) is 10.5 Å². The molecular weight excluding hydrogens is 311 g/mol. The van der Waals surface area contributed by atoms with Gasteiger partial charge >= 0.3 is 0 Å². The number of nitriles is 1. The second-order valence-electron chi connectivity index (χ2n) is 5.49. The molecule has 1 aliphatic heterocycles. The number of rotatable bonds is 4. The maximum Gasteiger partial charge on any atom is 0.217 e. The fraction of sp³-hybridized carbons (Fsp3) is 0.235. The van der Waals surface area contributed by atoms with Gasteiger partial charge in [0.2, 0.25) is 5.91 Å². The fourth-order valence-electron chi connectivity index (χ4n) is 2.47. The maximum atomic E-state index is 14.4. The van der Waals surface area contributed by atoms with Crippen molar-refractivity contribution in [2.24, 2.45) is 5.16 Å². The Morgan fingerprint density at radius 2 is 2.38 bits per heavy atom. The molecule has 1 aromatic heterocycles. The lowest BCUT2D eigenvalue weighted by atomic mass is 10.0. The summed E-state index contributed by atoms with van der Waals surface area (Å²) < 4.78 is 16.0. The molecule has 0 aliphatic carbocycles. The Hall–Kier alpha value is -3.14. The second-order valence-corrected chi connectivity index (χ2v) is 5.49. The average molecular weight is 326 g/mol. The van der Waals surface area contributed by atoms with Crippen molar-refractivity contribution in [3.8, 4) is 11.8 Å². The molecule has 0 bridgehead atoms. The molecule has 0 radical (unpaired) electrons. The third-order valence-corrected chi connectivity index (χ3v) is 3.69. The lowest BCUT2D eigenvalue weighted by Gasteiger charge is -2.08. The minimum Gasteiger partial charge on any atom is -0.390 e. The van der Waals surface area contributed by atoms with Gasteiger partial charge in [-0.1, -0.05) is 11.2 Å². The van der Waals surface area contributed by atoms with Crippen LogP contribution in [0.2, 0.25) is 0 Å². The van der Waals surface area contributed by atoms with Crippen LogP contribution in [-0.4, -0.2) is 28.8 Å². The molecule has 0 spiro atoms. The molecule has 1 atom stereocenters. The lowest BCUT2D eigenvalue weighted by Crippen LogP contribution is -2.30. The Morgan fingerprint density at radius 1 is 1.54 bits per heavy atom. The number of carbonyl (C=O) groups excluding carboxylic acids is 1. The van der Waals surface area contributed by atoms with Gasteiger partial charge in [-0.3, -0.25) is 4.79 Å². The molecule has 1 N–H and O–H groups in total. The van der Waals surface area contributed by atoms with Crippen LogP contribution in [-0.2, 0) is 9.63 Å². The first-order chi connectivity index (χ1) is 11.6. The van der Waals surface area contributed by atoms with Crippen molar-refractivity contribution in [2.75, 3.05) is 6.54 Å². The average Bonchev–Trinajstić information content (AvgIpc) is 3.22. The number of nitrogens with zero attached hydrogens (tertiary/aromatic N) is 3. The van der Waals surface area contributed by atoms with Gasteiger partial charge in [-0.2, -0.15) is 5.26 Å². The van der Waals surface area contributed by atoms with Gasteiger partial charge in [-0.25, -0.2) is 4.39 Å². The zero-order valence-electron chi connectivity index (χ0n) is 13.0. The molecule has 0 saturated carbocycles. The molecule has 0 fully saturated rings. The van der Waals surface area contributed by atoms with Crippen LogP contribution in [0.1, 0.15) is 24.5 Å². The van der Waals surface area contributed by atoms with Gasteiger partial charge in [-0.15, -0.1) is 0 Å². The van der Waals surface area contributed by atoms with Crippen molar-refractivity contribution in [2.45, 2.75) is 19.4 Å². The molecule has 2 heterocycles. The Kier molecular flexibility index (Phi) is 4.29. The first-order valence-electron chi connectivity index (χ1n) is 7.42. The van der Waals surface area contributed by atoms with E-state index in [4.69, 9.17) is 10.1 Å². The standard InChI is InChI=1S/C17H15FN4O2/c1-11(23)20-9-14-7-16(21-24-14)13-2-3-17(15(18)6-13)22-5-4-12(8-19)10-22/h2-6,10,14H,7,9H2,1H3,(H,20,23)/t14-/m1/s1. The summed E-state index contributed by atoms with van der Waals surface area (Å²) in [5.41, 5.74) is 2.10. The van der Waals surface area contributed by atoms with Crippen LogP contribution in [0, 0.1) is 17.1 Å². The number of nitrogens with one attached hydrogen (secondary N) is 1. The van der Waals surface area contributed by atoms with Gasteiger partial charge in [0.25, 0.3) is 0 Å². The predicted octanol–water partition coefficient (Wildman–Crippen LogP) is 2.12. The Morgan fingerprint density at radius 3 is 3.04 bits per heavy atom. The van der Waals surface area contributed by atoms with Crippen molar-refractivity contribution in [3.63, 3.8) is 0 Å². The minimum absolute atomic E-state index is 0.133. The molecule has 0 saturated heterocycles. The molecule has 1 amide bonds. The molecular formula is C17H15FN4O2. The fourth-order valence-corrected chi connectivity index (χ4v) is 2.47. The van der Waals surface area contributed by atoms with Gasteiger partial charge in [0.15, 0.2) is 0 Å². The van der Waals surface area contributed by atoms with Gasteiger partial charge in [0.1, 0.15) is 18.0 Å². The highest BCUT2D eigenvalue weighted by Gasteiger charge is 2.23. The van der Waals surface area contributed by atoms with Crippen LogP contribution in [0.4, 0.5) is 4.39 Å². The quantitative estimate of drug-likeness (QED) is 0.934. The number of halogens is 1. The number of aromatic nitrogens is 1. The van der Waals surface area contributed by atoms with E-state index in [0.29, 0.717) is 35.5 Å². The van der Waals surface area contributed by atoms with E-state index in [1.165, 1.54) is 13.0 Å². The first kappa shape index (κ1) is 15.7. The minimum atomic E-state index is -0.416. The molecule has 122 valence electrons. The number of benzene rings is 1. The third kappa shape index (κ3) is 3.27. The van der Waals surface area contributed by atoms with Crippen LogP contribution in [0.25, 0.3) is 5.69 Å². The Bertz CT molecular complexity index is 851. The Labute approximate surface area is 138 Å². The van der Waals surface area contributed by atoms with E-state index in [-0.39, 0.29) is 12.0 Å². The SMILES string of the molecule is CC(=O)NC[C@H]1CC(c2ccc(-n3ccc(C#N)c3)c(F)c2)=NO1. The molecule has 2 aromatic rings. The number of carbonyl (C=O) groups is 1. The topological polar surface area (TPSA) is 79.4 Å². The Balaban J connectivity index is 1.74. The summed E-state index contributed by atoms with van der Waals surface area (Å²) in [7, 11) is 0. The molecule has 1 aromatic carbocycles. The van der Waals surface area contributed by atoms with E-state index >= 15 is 0 Å². The molecule has 3 rings (SSSR count). The summed E-state index contributed by atoms with van der Waals surface area (Å²) >= 11 is 0. The van der Waals surface area contributed by atoms with Crippen molar-refractivity contribution in [1.29, 1.82) is 5.26 Å². The molecule has 6 nitrogen and oxygen atoms in total. The van der Waals surface area contributed by atoms with Crippen molar-refractivity contribution in [3.05, 3.63) is 53.6 Å². The van der Waals surface area contributed by atoms with Crippen LogP contribution in [0.3, 0.4) is 0 Å². The van der Waals surface area contributed by atoms with E-state index in [0.717, 1.165) is 0 Å². The monoisotopic (exact) mass is 326 g/mol. The molecule has 0 unspecified atom stereocenters. The lowest BCUT2D eigenvalue weighted by molar-refractivity contribution is -0.119. The number of amides is 1. The van der Waals surface area contributed by atoms with Crippen molar-refractivity contribution >= 4 is 11.6 Å². The smallest absolute Gasteiger partial charge is 0.217 e. The van der Waals surface area contributed by atoms with Crippen LogP contribution in [0.5, 0.6) is 0 Å². The van der Waals surface area contributed by atoms with Crippen LogP contribution < -0.4 is 5.32 Å². The molecule has 24 heavy (non-hydrogen) atoms. The van der Waals surface area contributed by atoms with Crippen molar-refractivity contribution < 1.29 is 14.0 Å². The largest absolute Gasteiger partial charge is 0.390 e. The van der Waals surface area contributed by atoms with E-state index in [1.54, 1.807) is 35.2 Å². The molecule has 1 aliphatic rings. The summed E-state index contributed by atoms with van der Waals surface area (Å²) in [5, 5.41) is 15.5. The van der Waals surface area contributed by atoms with Crippen LogP contribution in [0.15, 0.2) is 41.8 Å². The first-order valence-corrected chi connectivity index (χ1v) is 7.42. The van der Waals surface area contributed by atoms with E-state index in [1.807, 2.05) is 6.07 Å². The summed E-state index contributed by atoms with van der Waals surface area (Å²) in [6, 6.07) is 8.41. The van der Waals surface area contributed by atoms with Gasteiger partial charge < -0.3 is 14.7 Å². The summed E-state index contributed by atoms with van der Waals surface area (Å²) in [5.74, 6) is -0.550. The summed E-state index contributed by atoms with van der Waals surface area (Å²) in [6.45, 7) is 1.80. The summed E-state index contributed by atoms with van der Waals surface area (Å²) in [6.07, 6.45) is 3.46. The van der Waals surface area contributed by atoms with Gasteiger partial charge in [0.05, 0.1) is 23.5 Å². The van der Waals surface area contributed by atoms with E-state index < -0.39 is 5.82 Å². The zero-order valence-corrected chi connectivity index (χ0v) is 13.0. The normalized spacial score (nSPS) is 16.2. The molecule has 7 heteroatoms. The zero-order chi connectivity index (χ0) is 17.1. The predicted molar refractivity (Wildman–Crippen MR) is 85.2 cm³/mol. The maximum absolute atomic E-state index is 14.4. The summed E-state index contributed by atoms with van der Waals surface area (Å²) in [4.78, 5) is 16.2. The van der Waals surface area contributed by atoms with Crippen LogP contribution >= 0.6 is 0 Å². The second kappa shape index (κ2) is 6.54. The van der Waals surface area contributed by atoms with Gasteiger partial charge in [-0.05, 0) is 18.2 Å². The third-order valence-electron chi connectivity index (χ3n) is 3.69. The highest BCUT2D eigenvalue weighted by molar-refractivity contribution is 6.01. The highest BCUT2D eigenvalue weighted by atomic mass is 19.1. The van der Waals surface area contributed by atoms with Gasteiger partial charge in [0, 0.05) is 31.3 Å². The number of oxime groups is 1.